The Morgan fingerprint density at radius 2 is 1.19 bits per heavy atom. The van der Waals surface area contributed by atoms with Gasteiger partial charge in [-0.3, -0.25) is 0 Å². The number of halogens is 2. The van der Waals surface area contributed by atoms with Gasteiger partial charge in [-0.15, -0.1) is 0 Å². The Kier molecular flexibility index (Phi) is 12.1. The molecule has 0 heterocycles. The zero-order chi connectivity index (χ0) is 28.5. The molecule has 3 heteroatoms. The third kappa shape index (κ3) is 7.39. The van der Waals surface area contributed by atoms with Gasteiger partial charge in [0.1, 0.15) is 0 Å². The summed E-state index contributed by atoms with van der Waals surface area (Å²) in [6.07, 6.45) is 16.3. The first kappa shape index (κ1) is 34.9. The van der Waals surface area contributed by atoms with Crippen LogP contribution in [0.15, 0.2) is 91.0 Å². The van der Waals surface area contributed by atoms with Gasteiger partial charge >= 0.3 is 253 Å². The van der Waals surface area contributed by atoms with Gasteiger partial charge in [-0.1, -0.05) is 0 Å². The molecular formula is C39H48Cl2Hf. The quantitative estimate of drug-likeness (QED) is 0.222. The molecule has 0 aromatic heterocycles. The van der Waals surface area contributed by atoms with E-state index in [1.165, 1.54) is 59.9 Å². The van der Waals surface area contributed by atoms with E-state index in [0.717, 1.165) is 0 Å². The molecule has 0 bridgehead atoms. The van der Waals surface area contributed by atoms with Crippen molar-refractivity contribution in [1.82, 2.24) is 0 Å². The molecule has 0 nitrogen and oxygen atoms in total. The molecule has 0 fully saturated rings. The first-order chi connectivity index (χ1) is 19.1. The maximum atomic E-state index is 2.61. The third-order valence-corrected chi connectivity index (χ3v) is 21.8. The van der Waals surface area contributed by atoms with Crippen molar-refractivity contribution in [3.8, 4) is 11.1 Å². The van der Waals surface area contributed by atoms with Gasteiger partial charge < -0.3 is 24.8 Å². The van der Waals surface area contributed by atoms with Crippen molar-refractivity contribution in [3.05, 3.63) is 119 Å². The number of allylic oxidation sites excluding steroid dienone is 4. The molecule has 0 spiro atoms. The predicted molar refractivity (Wildman–Crippen MR) is 172 cm³/mol. The summed E-state index contributed by atoms with van der Waals surface area (Å²) < 4.78 is 2.99. The van der Waals surface area contributed by atoms with Crippen LogP contribution in [0.3, 0.4) is 0 Å². The summed E-state index contributed by atoms with van der Waals surface area (Å²) in [5.74, 6) is 0. The second-order valence-electron chi connectivity index (χ2n) is 13.9. The molecule has 2 aliphatic rings. The SMILES string of the molecule is CCCCCC[C](c1ccccc1)=[Hf+2]([CH]1C=CC=C1)[CH]1c2cc(C(C)(C)C)ccc2-c2ccc(C(C)(C)C)cc21.[Cl-].[Cl-]. The molecule has 0 N–H and O–H groups in total. The molecule has 3 aromatic rings. The van der Waals surface area contributed by atoms with Crippen molar-refractivity contribution in [2.24, 2.45) is 0 Å². The van der Waals surface area contributed by atoms with Gasteiger partial charge in [0.05, 0.1) is 0 Å². The van der Waals surface area contributed by atoms with E-state index in [1.54, 1.807) is 11.1 Å². The van der Waals surface area contributed by atoms with E-state index < -0.39 is 21.0 Å². The zero-order valence-corrected chi connectivity index (χ0v) is 31.7. The fourth-order valence-corrected chi connectivity index (χ4v) is 20.5. The van der Waals surface area contributed by atoms with Gasteiger partial charge in [-0.25, -0.2) is 0 Å². The Bertz CT molecular complexity index is 1370. The Labute approximate surface area is 275 Å². The molecule has 0 amide bonds. The predicted octanol–water partition coefficient (Wildman–Crippen LogP) is 5.08. The second-order valence-corrected chi connectivity index (χ2v) is 23.9. The zero-order valence-electron chi connectivity index (χ0n) is 26.6. The average molecular weight is 766 g/mol. The molecule has 222 valence electrons. The smallest absolute Gasteiger partial charge is 1.00 e. The third-order valence-electron chi connectivity index (χ3n) is 8.92. The van der Waals surface area contributed by atoms with E-state index in [4.69, 9.17) is 0 Å². The monoisotopic (exact) mass is 766 g/mol. The molecule has 0 aliphatic heterocycles. The van der Waals surface area contributed by atoms with Crippen molar-refractivity contribution in [3.63, 3.8) is 0 Å². The van der Waals surface area contributed by atoms with Crippen LogP contribution in [0.4, 0.5) is 0 Å². The summed E-state index contributed by atoms with van der Waals surface area (Å²) in [7, 11) is 0. The normalized spacial score (nSPS) is 14.7. The van der Waals surface area contributed by atoms with Crippen LogP contribution in [-0.4, -0.2) is 3.26 Å². The maximum absolute atomic E-state index is 2.67. The van der Waals surface area contributed by atoms with Crippen molar-refractivity contribution >= 4 is 3.26 Å². The van der Waals surface area contributed by atoms with Crippen LogP contribution in [0.25, 0.3) is 11.1 Å². The molecule has 0 saturated heterocycles. The van der Waals surface area contributed by atoms with E-state index in [9.17, 15) is 0 Å². The van der Waals surface area contributed by atoms with Crippen LogP contribution in [0, 0.1) is 0 Å². The van der Waals surface area contributed by atoms with Crippen molar-refractivity contribution in [2.45, 2.75) is 98.7 Å². The van der Waals surface area contributed by atoms with Crippen LogP contribution < -0.4 is 24.8 Å². The van der Waals surface area contributed by atoms with Crippen molar-refractivity contribution in [1.29, 1.82) is 0 Å². The van der Waals surface area contributed by atoms with Crippen LogP contribution in [0.2, 0.25) is 3.67 Å². The Morgan fingerprint density at radius 3 is 1.67 bits per heavy atom. The second kappa shape index (κ2) is 14.5. The first-order valence-corrected chi connectivity index (χ1v) is 21.5. The number of fused-ring (bicyclic) bond motifs is 3. The van der Waals surface area contributed by atoms with Crippen LogP contribution in [0.5, 0.6) is 0 Å². The van der Waals surface area contributed by atoms with E-state index in [1.807, 2.05) is 3.26 Å². The summed E-state index contributed by atoms with van der Waals surface area (Å²) in [5, 5.41) is 0. The van der Waals surface area contributed by atoms with Gasteiger partial charge in [-0.2, -0.15) is 0 Å². The summed E-state index contributed by atoms with van der Waals surface area (Å²) in [4.78, 5) is 0. The number of hydrogen-bond donors (Lipinski definition) is 0. The summed E-state index contributed by atoms with van der Waals surface area (Å²) >= 11 is -2.67. The van der Waals surface area contributed by atoms with E-state index in [0.29, 0.717) is 7.35 Å². The minimum atomic E-state index is -2.67. The fraction of sp³-hybridized carbons (Fsp3) is 0.410. The van der Waals surface area contributed by atoms with Gasteiger partial charge in [0, 0.05) is 0 Å². The van der Waals surface area contributed by atoms with Crippen molar-refractivity contribution < 1.29 is 45.8 Å². The molecule has 5 rings (SSSR count). The van der Waals surface area contributed by atoms with Gasteiger partial charge in [0.25, 0.3) is 0 Å². The standard InChI is InChI=1S/C21H25.C13H18.C5H5.2ClH.Hf/c1-20(2,3)16-7-9-18-14(12-16)11-15-13-17(21(4,5)6)8-10-19(15)18;1-2-3-4-5-7-10-13-11-8-6-9-12-13;1-2-4-5-3-1;;;/h7-13H,1-6H3;6,8-9,11-12H,2-5,7H2,1H3;1-5H;2*1H;/q;;;;;+2/p-2. The molecule has 0 unspecified atom stereocenters. The first-order valence-electron chi connectivity index (χ1n) is 15.5. The topological polar surface area (TPSA) is 0 Å². The molecule has 42 heavy (non-hydrogen) atoms. The van der Waals surface area contributed by atoms with E-state index in [2.05, 4.69) is 140 Å². The minimum absolute atomic E-state index is 0. The van der Waals surface area contributed by atoms with Crippen LogP contribution in [-0.2, 0) is 31.8 Å². The van der Waals surface area contributed by atoms with E-state index in [-0.39, 0.29) is 35.6 Å². The molecule has 0 atom stereocenters. The van der Waals surface area contributed by atoms with Crippen LogP contribution >= 0.6 is 0 Å². The summed E-state index contributed by atoms with van der Waals surface area (Å²) in [6.45, 7) is 16.5. The number of rotatable bonds is 8. The number of unbranched alkanes of at least 4 members (excludes halogenated alkanes) is 3. The van der Waals surface area contributed by atoms with E-state index >= 15 is 0 Å². The van der Waals surface area contributed by atoms with Gasteiger partial charge in [-0.05, 0) is 0 Å². The average Bonchev–Trinajstić information content (AvgIpc) is 3.56. The minimum Gasteiger partial charge on any atom is -1.00 e. The number of hydrogen-bond acceptors (Lipinski definition) is 0. The Hall–Kier alpha value is -1.54. The maximum Gasteiger partial charge on any atom is -1.00 e. The Balaban J connectivity index is 0.00000242. The molecule has 2 aliphatic carbocycles. The summed E-state index contributed by atoms with van der Waals surface area (Å²) in [6, 6.07) is 26.5. The molecular weight excluding hydrogens is 718 g/mol. The summed E-state index contributed by atoms with van der Waals surface area (Å²) in [5.41, 5.74) is 10.9. The fourth-order valence-electron chi connectivity index (χ4n) is 6.56. The Morgan fingerprint density at radius 1 is 0.667 bits per heavy atom. The van der Waals surface area contributed by atoms with Crippen LogP contribution in [0.1, 0.15) is 112 Å². The van der Waals surface area contributed by atoms with Crippen molar-refractivity contribution in [2.75, 3.05) is 0 Å². The van der Waals surface area contributed by atoms with Gasteiger partial charge in [0.2, 0.25) is 0 Å². The molecule has 3 aromatic carbocycles. The largest absolute Gasteiger partial charge is 1.00 e. The molecule has 0 saturated carbocycles. The number of benzene rings is 3. The van der Waals surface area contributed by atoms with Gasteiger partial charge in [0.15, 0.2) is 0 Å². The molecule has 0 radical (unpaired) electrons.